The molecule has 0 aromatic rings. The highest BCUT2D eigenvalue weighted by molar-refractivity contribution is 5.77. The number of hydrogen-bond donors (Lipinski definition) is 0. The molecule has 1 heterocycles. The second kappa shape index (κ2) is 12.8. The van der Waals surface area contributed by atoms with E-state index in [2.05, 4.69) is 11.8 Å². The van der Waals surface area contributed by atoms with Crippen molar-refractivity contribution in [3.05, 3.63) is 0 Å². The van der Waals surface area contributed by atoms with Crippen molar-refractivity contribution in [1.29, 1.82) is 0 Å². The highest BCUT2D eigenvalue weighted by atomic mass is 16.5. The van der Waals surface area contributed by atoms with Crippen LogP contribution in [0.4, 0.5) is 0 Å². The number of nitrogens with zero attached hydrogens (tertiary/aromatic N) is 2. The van der Waals surface area contributed by atoms with Crippen LogP contribution in [0.25, 0.3) is 0 Å². The predicted molar refractivity (Wildman–Crippen MR) is 77.8 cm³/mol. The van der Waals surface area contributed by atoms with E-state index in [4.69, 9.17) is 4.74 Å². The van der Waals surface area contributed by atoms with Gasteiger partial charge in [0.2, 0.25) is 5.91 Å². The van der Waals surface area contributed by atoms with Crippen LogP contribution in [0, 0.1) is 5.92 Å². The fourth-order valence-electron chi connectivity index (χ4n) is 1.43. The first-order valence-electron chi connectivity index (χ1n) is 7.00. The van der Waals surface area contributed by atoms with Gasteiger partial charge in [0, 0.05) is 33.1 Å². The van der Waals surface area contributed by atoms with Crippen LogP contribution < -0.4 is 0 Å². The fraction of sp³-hybridized carbons (Fsp3) is 0.929. The minimum atomic E-state index is 0.130. The molecule has 0 spiro atoms. The molecule has 0 radical (unpaired) electrons. The SMILES string of the molecule is CC.CC(C)C(=O)N(C)C.CCN1CCOCC1. The van der Waals surface area contributed by atoms with Crippen molar-refractivity contribution < 1.29 is 9.53 Å². The van der Waals surface area contributed by atoms with Crippen LogP contribution in [-0.4, -0.2) is 62.7 Å². The van der Waals surface area contributed by atoms with E-state index in [0.717, 1.165) is 26.3 Å². The quantitative estimate of drug-likeness (QED) is 0.762. The zero-order valence-corrected chi connectivity index (χ0v) is 13.3. The lowest BCUT2D eigenvalue weighted by Crippen LogP contribution is -2.35. The number of ether oxygens (including phenoxy) is 1. The molecule has 1 rings (SSSR count). The van der Waals surface area contributed by atoms with Crippen LogP contribution in [-0.2, 0) is 9.53 Å². The molecule has 0 aliphatic carbocycles. The van der Waals surface area contributed by atoms with Gasteiger partial charge in [-0.15, -0.1) is 0 Å². The van der Waals surface area contributed by atoms with Gasteiger partial charge in [-0.1, -0.05) is 34.6 Å². The Labute approximate surface area is 113 Å². The van der Waals surface area contributed by atoms with Crippen molar-refractivity contribution in [1.82, 2.24) is 9.80 Å². The molecule has 1 aliphatic heterocycles. The maximum absolute atomic E-state index is 10.8. The number of morpholine rings is 1. The van der Waals surface area contributed by atoms with Gasteiger partial charge >= 0.3 is 0 Å². The third kappa shape index (κ3) is 10.5. The molecule has 0 N–H and O–H groups in total. The van der Waals surface area contributed by atoms with Crippen molar-refractivity contribution in [2.45, 2.75) is 34.6 Å². The topological polar surface area (TPSA) is 32.8 Å². The van der Waals surface area contributed by atoms with Crippen molar-refractivity contribution in [2.24, 2.45) is 5.92 Å². The lowest BCUT2D eigenvalue weighted by molar-refractivity contribution is -0.131. The molecule has 4 heteroatoms. The second-order valence-corrected chi connectivity index (χ2v) is 4.43. The number of carbonyl (C=O) groups is 1. The summed E-state index contributed by atoms with van der Waals surface area (Å²) >= 11 is 0. The fourth-order valence-corrected chi connectivity index (χ4v) is 1.43. The minimum absolute atomic E-state index is 0.130. The summed E-state index contributed by atoms with van der Waals surface area (Å²) in [6.45, 7) is 15.2. The van der Waals surface area contributed by atoms with E-state index in [1.54, 1.807) is 19.0 Å². The Bertz CT molecular complexity index is 178. The van der Waals surface area contributed by atoms with Crippen LogP contribution in [0.2, 0.25) is 0 Å². The van der Waals surface area contributed by atoms with Gasteiger partial charge in [-0.2, -0.15) is 0 Å². The Morgan fingerprint density at radius 2 is 1.67 bits per heavy atom. The third-order valence-electron chi connectivity index (χ3n) is 2.49. The summed E-state index contributed by atoms with van der Waals surface area (Å²) < 4.78 is 5.16. The van der Waals surface area contributed by atoms with Crippen molar-refractivity contribution in [2.75, 3.05) is 46.9 Å². The molecule has 110 valence electrons. The molecule has 1 aliphatic rings. The molecule has 1 fully saturated rings. The smallest absolute Gasteiger partial charge is 0.224 e. The molecule has 0 saturated carbocycles. The van der Waals surface area contributed by atoms with Gasteiger partial charge in [0.25, 0.3) is 0 Å². The molecule has 0 bridgehead atoms. The Kier molecular flexibility index (Phi) is 14.1. The van der Waals surface area contributed by atoms with E-state index in [1.807, 2.05) is 27.7 Å². The van der Waals surface area contributed by atoms with Crippen molar-refractivity contribution in [3.8, 4) is 0 Å². The zero-order chi connectivity index (χ0) is 14.6. The van der Waals surface area contributed by atoms with Crippen LogP contribution in [0.3, 0.4) is 0 Å². The molecule has 0 atom stereocenters. The molecular weight excluding hydrogens is 228 g/mol. The first kappa shape index (κ1) is 19.7. The van der Waals surface area contributed by atoms with Gasteiger partial charge in [-0.05, 0) is 6.54 Å². The largest absolute Gasteiger partial charge is 0.379 e. The lowest BCUT2D eigenvalue weighted by atomic mass is 10.2. The lowest BCUT2D eigenvalue weighted by Gasteiger charge is -2.24. The molecule has 0 aromatic heterocycles. The summed E-state index contributed by atoms with van der Waals surface area (Å²) in [5.74, 6) is 0.315. The van der Waals surface area contributed by atoms with Gasteiger partial charge in [0.05, 0.1) is 13.2 Å². The summed E-state index contributed by atoms with van der Waals surface area (Å²) in [5, 5.41) is 0. The standard InChI is InChI=1S/2C6H13NO.C2H6/c1-2-7-3-5-8-6-4-7;1-5(2)6(8)7(3)4;1-2/h2-6H2,1H3;5H,1-4H3;1-2H3. The average Bonchev–Trinajstić information content (AvgIpc) is 2.41. The monoisotopic (exact) mass is 260 g/mol. The van der Waals surface area contributed by atoms with E-state index >= 15 is 0 Å². The second-order valence-electron chi connectivity index (χ2n) is 4.43. The zero-order valence-electron chi connectivity index (χ0n) is 13.3. The molecule has 4 nitrogen and oxygen atoms in total. The molecule has 1 amide bonds. The molecule has 0 unspecified atom stereocenters. The van der Waals surface area contributed by atoms with Gasteiger partial charge in [0.1, 0.15) is 0 Å². The Hall–Kier alpha value is -0.610. The summed E-state index contributed by atoms with van der Waals surface area (Å²) in [6, 6.07) is 0. The van der Waals surface area contributed by atoms with Gasteiger partial charge < -0.3 is 9.64 Å². The normalized spacial score (nSPS) is 15.1. The van der Waals surface area contributed by atoms with E-state index in [9.17, 15) is 4.79 Å². The minimum Gasteiger partial charge on any atom is -0.379 e. The highest BCUT2D eigenvalue weighted by Gasteiger charge is 2.07. The first-order chi connectivity index (χ1) is 8.49. The van der Waals surface area contributed by atoms with Crippen molar-refractivity contribution >= 4 is 5.91 Å². The van der Waals surface area contributed by atoms with Gasteiger partial charge in [-0.3, -0.25) is 9.69 Å². The first-order valence-corrected chi connectivity index (χ1v) is 7.00. The van der Waals surface area contributed by atoms with E-state index < -0.39 is 0 Å². The van der Waals surface area contributed by atoms with Crippen LogP contribution >= 0.6 is 0 Å². The highest BCUT2D eigenvalue weighted by Crippen LogP contribution is 1.94. The summed E-state index contributed by atoms with van der Waals surface area (Å²) in [7, 11) is 3.53. The van der Waals surface area contributed by atoms with Crippen LogP contribution in [0.15, 0.2) is 0 Å². The number of amides is 1. The maximum atomic E-state index is 10.8. The van der Waals surface area contributed by atoms with Crippen LogP contribution in [0.1, 0.15) is 34.6 Å². The Balaban J connectivity index is 0. The van der Waals surface area contributed by atoms with Crippen LogP contribution in [0.5, 0.6) is 0 Å². The predicted octanol–water partition coefficient (Wildman–Crippen LogP) is 2.10. The van der Waals surface area contributed by atoms with E-state index in [1.165, 1.54) is 6.54 Å². The maximum Gasteiger partial charge on any atom is 0.224 e. The molecular formula is C14H32N2O2. The van der Waals surface area contributed by atoms with Crippen molar-refractivity contribution in [3.63, 3.8) is 0 Å². The summed E-state index contributed by atoms with van der Waals surface area (Å²) in [5.41, 5.74) is 0. The molecule has 1 saturated heterocycles. The van der Waals surface area contributed by atoms with Gasteiger partial charge in [0.15, 0.2) is 0 Å². The summed E-state index contributed by atoms with van der Waals surface area (Å²) in [4.78, 5) is 14.8. The Morgan fingerprint density at radius 1 is 1.22 bits per heavy atom. The number of likely N-dealkylation sites (N-methyl/N-ethyl adjacent to an activating group) is 1. The molecule has 18 heavy (non-hydrogen) atoms. The summed E-state index contributed by atoms with van der Waals surface area (Å²) in [6.07, 6.45) is 0. The average molecular weight is 260 g/mol. The van der Waals surface area contributed by atoms with E-state index in [0.29, 0.717) is 0 Å². The number of rotatable bonds is 2. The third-order valence-corrected chi connectivity index (χ3v) is 2.49. The molecule has 0 aromatic carbocycles. The van der Waals surface area contributed by atoms with Gasteiger partial charge in [-0.25, -0.2) is 0 Å². The Morgan fingerprint density at radius 3 is 1.83 bits per heavy atom. The van der Waals surface area contributed by atoms with E-state index in [-0.39, 0.29) is 11.8 Å². The number of hydrogen-bond acceptors (Lipinski definition) is 3. The number of carbonyl (C=O) groups excluding carboxylic acids is 1.